The van der Waals surface area contributed by atoms with Crippen LogP contribution in [-0.4, -0.2) is 39.7 Å². The van der Waals surface area contributed by atoms with Gasteiger partial charge in [-0.2, -0.15) is 5.10 Å². The molecule has 18 heavy (non-hydrogen) atoms. The first-order valence-electron chi connectivity index (χ1n) is 5.54. The Balaban J connectivity index is 2.22. The van der Waals surface area contributed by atoms with Gasteiger partial charge in [0.05, 0.1) is 29.6 Å². The number of fused-ring (bicyclic) bond motifs is 1. The molecule has 0 bridgehead atoms. The molecule has 1 fully saturated rings. The minimum absolute atomic E-state index is 0.0330. The maximum atomic E-state index is 11.6. The summed E-state index contributed by atoms with van der Waals surface area (Å²) in [5.41, 5.74) is -0.462. The van der Waals surface area contributed by atoms with Gasteiger partial charge in [0.25, 0.3) is 5.56 Å². The van der Waals surface area contributed by atoms with Crippen molar-refractivity contribution in [3.63, 3.8) is 0 Å². The van der Waals surface area contributed by atoms with Crippen LogP contribution in [0.25, 0.3) is 11.0 Å². The SMILES string of the molecule is CC1(n2ncc3c(=O)[nH]cnc32)CCS(=O)(=O)C1. The Morgan fingerprint density at radius 1 is 1.50 bits per heavy atom. The van der Waals surface area contributed by atoms with Crippen molar-refractivity contribution in [3.05, 3.63) is 22.9 Å². The zero-order valence-electron chi connectivity index (χ0n) is 9.75. The van der Waals surface area contributed by atoms with Gasteiger partial charge in [-0.1, -0.05) is 0 Å². The molecule has 0 spiro atoms. The molecule has 1 saturated heterocycles. The van der Waals surface area contributed by atoms with E-state index in [4.69, 9.17) is 0 Å². The van der Waals surface area contributed by atoms with Gasteiger partial charge >= 0.3 is 0 Å². The van der Waals surface area contributed by atoms with E-state index in [1.54, 1.807) is 4.68 Å². The number of hydrogen-bond acceptors (Lipinski definition) is 5. The van der Waals surface area contributed by atoms with Crippen molar-refractivity contribution in [1.82, 2.24) is 19.7 Å². The molecule has 1 atom stereocenters. The average Bonchev–Trinajstić information content (AvgIpc) is 2.82. The molecule has 1 N–H and O–H groups in total. The van der Waals surface area contributed by atoms with Gasteiger partial charge in [-0.15, -0.1) is 0 Å². The van der Waals surface area contributed by atoms with E-state index in [9.17, 15) is 13.2 Å². The molecular weight excluding hydrogens is 256 g/mol. The first-order valence-corrected chi connectivity index (χ1v) is 7.36. The fourth-order valence-electron chi connectivity index (χ4n) is 2.41. The summed E-state index contributed by atoms with van der Waals surface area (Å²) in [6, 6.07) is 0. The molecule has 1 aliphatic heterocycles. The number of rotatable bonds is 1. The molecular formula is C10H12N4O3S. The van der Waals surface area contributed by atoms with E-state index in [1.165, 1.54) is 12.5 Å². The third-order valence-corrected chi connectivity index (χ3v) is 5.25. The van der Waals surface area contributed by atoms with Gasteiger partial charge in [0.2, 0.25) is 0 Å². The summed E-state index contributed by atoms with van der Waals surface area (Å²) < 4.78 is 24.8. The molecule has 3 rings (SSSR count). The van der Waals surface area contributed by atoms with Crippen LogP contribution in [0.15, 0.2) is 17.3 Å². The van der Waals surface area contributed by atoms with E-state index in [-0.39, 0.29) is 17.1 Å². The summed E-state index contributed by atoms with van der Waals surface area (Å²) in [5, 5.41) is 4.52. The number of aromatic amines is 1. The van der Waals surface area contributed by atoms with Crippen molar-refractivity contribution in [2.75, 3.05) is 11.5 Å². The Bertz CT molecular complexity index is 776. The molecule has 2 aromatic rings. The third kappa shape index (κ3) is 1.56. The third-order valence-electron chi connectivity index (χ3n) is 3.36. The van der Waals surface area contributed by atoms with Gasteiger partial charge < -0.3 is 4.98 Å². The molecule has 8 heteroatoms. The number of aromatic nitrogens is 4. The summed E-state index contributed by atoms with van der Waals surface area (Å²) in [6.07, 6.45) is 3.22. The highest BCUT2D eigenvalue weighted by atomic mass is 32.2. The maximum absolute atomic E-state index is 11.6. The van der Waals surface area contributed by atoms with Crippen molar-refractivity contribution < 1.29 is 8.42 Å². The number of nitrogens with one attached hydrogen (secondary N) is 1. The Labute approximate surface area is 103 Å². The number of nitrogens with zero attached hydrogens (tertiary/aromatic N) is 3. The lowest BCUT2D eigenvalue weighted by molar-refractivity contribution is 0.338. The second kappa shape index (κ2) is 3.41. The summed E-state index contributed by atoms with van der Waals surface area (Å²) in [7, 11) is -3.03. The molecule has 0 radical (unpaired) electrons. The highest BCUT2D eigenvalue weighted by Gasteiger charge is 2.41. The topological polar surface area (TPSA) is 97.7 Å². The van der Waals surface area contributed by atoms with Crippen LogP contribution in [0, 0.1) is 0 Å². The molecule has 0 aliphatic carbocycles. The fourth-order valence-corrected chi connectivity index (χ4v) is 4.52. The Morgan fingerprint density at radius 3 is 2.94 bits per heavy atom. The van der Waals surface area contributed by atoms with E-state index in [1.807, 2.05) is 6.92 Å². The van der Waals surface area contributed by atoms with Crippen molar-refractivity contribution in [2.24, 2.45) is 0 Å². The van der Waals surface area contributed by atoms with Crippen molar-refractivity contribution >= 4 is 20.9 Å². The summed E-state index contributed by atoms with van der Waals surface area (Å²) in [5.74, 6) is 0.180. The summed E-state index contributed by atoms with van der Waals surface area (Å²) in [6.45, 7) is 1.83. The first-order chi connectivity index (χ1) is 8.41. The predicted octanol–water partition coefficient (Wildman–Crippen LogP) is -0.347. The fraction of sp³-hybridized carbons (Fsp3) is 0.500. The minimum atomic E-state index is -3.03. The van der Waals surface area contributed by atoms with Crippen LogP contribution in [0.2, 0.25) is 0 Å². The monoisotopic (exact) mass is 268 g/mol. The lowest BCUT2D eigenvalue weighted by Crippen LogP contribution is -2.32. The van der Waals surface area contributed by atoms with Gasteiger partial charge in [0.15, 0.2) is 15.5 Å². The molecule has 0 saturated carbocycles. The normalized spacial score (nSPS) is 26.7. The van der Waals surface area contributed by atoms with Gasteiger partial charge in [0.1, 0.15) is 5.39 Å². The van der Waals surface area contributed by atoms with Crippen LogP contribution in [0.4, 0.5) is 0 Å². The number of H-pyrrole nitrogens is 1. The Kier molecular flexibility index (Phi) is 2.16. The zero-order valence-corrected chi connectivity index (χ0v) is 10.6. The molecule has 3 heterocycles. The maximum Gasteiger partial charge on any atom is 0.261 e. The minimum Gasteiger partial charge on any atom is -0.312 e. The Hall–Kier alpha value is -1.70. The van der Waals surface area contributed by atoms with Crippen LogP contribution in [0.1, 0.15) is 13.3 Å². The number of hydrogen-bond donors (Lipinski definition) is 1. The van der Waals surface area contributed by atoms with Crippen LogP contribution in [0.3, 0.4) is 0 Å². The molecule has 1 aliphatic rings. The zero-order chi connectivity index (χ0) is 13.0. The number of sulfone groups is 1. The molecule has 96 valence electrons. The van der Waals surface area contributed by atoms with Gasteiger partial charge in [-0.05, 0) is 13.3 Å². The highest BCUT2D eigenvalue weighted by molar-refractivity contribution is 7.91. The second-order valence-corrected chi connectivity index (χ2v) is 7.05. The smallest absolute Gasteiger partial charge is 0.261 e. The van der Waals surface area contributed by atoms with Crippen molar-refractivity contribution in [2.45, 2.75) is 18.9 Å². The van der Waals surface area contributed by atoms with E-state index < -0.39 is 15.4 Å². The molecule has 7 nitrogen and oxygen atoms in total. The molecule has 1 unspecified atom stereocenters. The van der Waals surface area contributed by atoms with Crippen molar-refractivity contribution in [3.8, 4) is 0 Å². The second-order valence-electron chi connectivity index (χ2n) is 4.86. The average molecular weight is 268 g/mol. The van der Waals surface area contributed by atoms with Crippen LogP contribution in [0.5, 0.6) is 0 Å². The standard InChI is InChI=1S/C10H12N4O3S/c1-10(2-3-18(16,17)5-10)14-8-7(4-13-14)9(15)12-6-11-8/h4,6H,2-3,5H2,1H3,(H,11,12,15). The first kappa shape index (κ1) is 11.4. The lowest BCUT2D eigenvalue weighted by atomic mass is 10.0. The quantitative estimate of drug-likeness (QED) is 0.762. The van der Waals surface area contributed by atoms with Gasteiger partial charge in [0, 0.05) is 0 Å². The largest absolute Gasteiger partial charge is 0.312 e. The van der Waals surface area contributed by atoms with Gasteiger partial charge in [-0.3, -0.25) is 4.79 Å². The molecule has 0 aromatic carbocycles. The van der Waals surface area contributed by atoms with E-state index in [2.05, 4.69) is 15.1 Å². The Morgan fingerprint density at radius 2 is 2.28 bits per heavy atom. The predicted molar refractivity (Wildman–Crippen MR) is 65.1 cm³/mol. The van der Waals surface area contributed by atoms with Crippen molar-refractivity contribution in [1.29, 1.82) is 0 Å². The summed E-state index contributed by atoms with van der Waals surface area (Å²) in [4.78, 5) is 18.1. The summed E-state index contributed by atoms with van der Waals surface area (Å²) >= 11 is 0. The van der Waals surface area contributed by atoms with E-state index in [0.717, 1.165) is 0 Å². The van der Waals surface area contributed by atoms with E-state index >= 15 is 0 Å². The van der Waals surface area contributed by atoms with E-state index in [0.29, 0.717) is 17.5 Å². The lowest BCUT2D eigenvalue weighted by Gasteiger charge is -2.22. The molecule has 2 aromatic heterocycles. The van der Waals surface area contributed by atoms with Crippen LogP contribution >= 0.6 is 0 Å². The van der Waals surface area contributed by atoms with Crippen LogP contribution in [-0.2, 0) is 15.4 Å². The van der Waals surface area contributed by atoms with Gasteiger partial charge in [-0.25, -0.2) is 18.1 Å². The highest BCUT2D eigenvalue weighted by Crippen LogP contribution is 2.31. The molecule has 0 amide bonds. The van der Waals surface area contributed by atoms with Crippen LogP contribution < -0.4 is 5.56 Å².